The summed E-state index contributed by atoms with van der Waals surface area (Å²) in [4.78, 5) is 38.3. The zero-order chi connectivity index (χ0) is 20.7. The zero-order valence-corrected chi connectivity index (χ0v) is 17.1. The Morgan fingerprint density at radius 3 is 2.71 bits per heavy atom. The van der Waals surface area contributed by atoms with Gasteiger partial charge in [0.1, 0.15) is 6.04 Å². The third-order valence-electron chi connectivity index (χ3n) is 4.46. The number of likely N-dealkylation sites (N-methyl/N-ethyl adjacent to an activating group) is 1. The van der Waals surface area contributed by atoms with Crippen LogP contribution in [0.25, 0.3) is 0 Å². The van der Waals surface area contributed by atoms with Gasteiger partial charge in [-0.1, -0.05) is 18.5 Å². The van der Waals surface area contributed by atoms with Gasteiger partial charge in [-0.15, -0.1) is 0 Å². The number of methoxy groups -OCH3 is 1. The van der Waals surface area contributed by atoms with Crippen molar-refractivity contribution in [2.45, 2.75) is 32.2 Å². The average Bonchev–Trinajstić information content (AvgIpc) is 3.19. The molecule has 1 saturated heterocycles. The molecule has 3 amide bonds. The molecule has 9 heteroatoms. The highest BCUT2D eigenvalue weighted by molar-refractivity contribution is 6.32. The number of benzene rings is 1. The second-order valence-electron chi connectivity index (χ2n) is 6.38. The Hall–Kier alpha value is -2.48. The number of ether oxygens (including phenoxy) is 2. The summed E-state index contributed by atoms with van der Waals surface area (Å²) in [5.41, 5.74) is 0.253. The van der Waals surface area contributed by atoms with E-state index in [1.807, 2.05) is 6.92 Å². The Labute approximate surface area is 169 Å². The Kier molecular flexibility index (Phi) is 7.92. The SMILES string of the molecule is CCCOc1c(Cl)cc(C(=O)NCC(=O)N2CCCC2C(=O)NC)cc1OC. The lowest BCUT2D eigenvalue weighted by atomic mass is 10.2. The lowest BCUT2D eigenvalue weighted by molar-refractivity contribution is -0.137. The summed E-state index contributed by atoms with van der Waals surface area (Å²) >= 11 is 6.22. The Morgan fingerprint density at radius 1 is 1.32 bits per heavy atom. The molecule has 1 aliphatic heterocycles. The molecule has 1 heterocycles. The van der Waals surface area contributed by atoms with E-state index in [-0.39, 0.29) is 28.9 Å². The van der Waals surface area contributed by atoms with Crippen LogP contribution in [0.4, 0.5) is 0 Å². The van der Waals surface area contributed by atoms with Crippen LogP contribution in [0.15, 0.2) is 12.1 Å². The minimum atomic E-state index is -0.487. The fraction of sp³-hybridized carbons (Fsp3) is 0.526. The van der Waals surface area contributed by atoms with Crippen LogP contribution in [0.3, 0.4) is 0 Å². The molecule has 28 heavy (non-hydrogen) atoms. The number of rotatable bonds is 8. The van der Waals surface area contributed by atoms with Gasteiger partial charge in [-0.05, 0) is 31.4 Å². The molecule has 0 radical (unpaired) electrons. The minimum Gasteiger partial charge on any atom is -0.493 e. The first-order chi connectivity index (χ1) is 13.4. The van der Waals surface area contributed by atoms with E-state index in [4.69, 9.17) is 21.1 Å². The predicted molar refractivity (Wildman–Crippen MR) is 105 cm³/mol. The molecule has 1 aliphatic rings. The van der Waals surface area contributed by atoms with Gasteiger partial charge >= 0.3 is 0 Å². The van der Waals surface area contributed by atoms with Gasteiger partial charge in [0.25, 0.3) is 5.91 Å². The van der Waals surface area contributed by atoms with E-state index in [0.29, 0.717) is 31.1 Å². The monoisotopic (exact) mass is 411 g/mol. The number of carbonyl (C=O) groups is 3. The molecule has 2 rings (SSSR count). The molecule has 1 fully saturated rings. The number of carbonyl (C=O) groups excluding carboxylic acids is 3. The average molecular weight is 412 g/mol. The van der Waals surface area contributed by atoms with Gasteiger partial charge < -0.3 is 25.0 Å². The summed E-state index contributed by atoms with van der Waals surface area (Å²) in [5.74, 6) is -0.246. The van der Waals surface area contributed by atoms with Crippen LogP contribution >= 0.6 is 11.6 Å². The summed E-state index contributed by atoms with van der Waals surface area (Å²) < 4.78 is 10.8. The first-order valence-corrected chi connectivity index (χ1v) is 9.60. The maximum atomic E-state index is 12.5. The van der Waals surface area contributed by atoms with E-state index >= 15 is 0 Å². The van der Waals surface area contributed by atoms with Crippen molar-refractivity contribution in [2.75, 3.05) is 33.9 Å². The summed E-state index contributed by atoms with van der Waals surface area (Å²) in [6, 6.07) is 2.50. The van der Waals surface area contributed by atoms with Crippen molar-refractivity contribution in [1.29, 1.82) is 0 Å². The number of likely N-dealkylation sites (tertiary alicyclic amines) is 1. The fourth-order valence-corrected chi connectivity index (χ4v) is 3.32. The minimum absolute atomic E-state index is 0.198. The smallest absolute Gasteiger partial charge is 0.251 e. The summed E-state index contributed by atoms with van der Waals surface area (Å²) in [6.45, 7) is 2.73. The lowest BCUT2D eigenvalue weighted by Gasteiger charge is -2.23. The van der Waals surface area contributed by atoms with E-state index in [0.717, 1.165) is 12.8 Å². The highest BCUT2D eigenvalue weighted by atomic mass is 35.5. The van der Waals surface area contributed by atoms with Gasteiger partial charge in [0.2, 0.25) is 11.8 Å². The van der Waals surface area contributed by atoms with E-state index in [1.54, 1.807) is 0 Å². The van der Waals surface area contributed by atoms with Crippen molar-refractivity contribution in [3.05, 3.63) is 22.7 Å². The molecule has 1 aromatic carbocycles. The number of hydrogen-bond donors (Lipinski definition) is 2. The Morgan fingerprint density at radius 2 is 2.07 bits per heavy atom. The van der Waals surface area contributed by atoms with Gasteiger partial charge in [-0.25, -0.2) is 0 Å². The summed E-state index contributed by atoms with van der Waals surface area (Å²) in [7, 11) is 3.00. The summed E-state index contributed by atoms with van der Waals surface area (Å²) in [5, 5.41) is 5.39. The van der Waals surface area contributed by atoms with Crippen molar-refractivity contribution >= 4 is 29.3 Å². The molecule has 0 saturated carbocycles. The standard InChI is InChI=1S/C19H26ClN3O5/c1-4-8-28-17-13(20)9-12(10-15(17)27-3)18(25)22-11-16(24)23-7-5-6-14(23)19(26)21-2/h9-10,14H,4-8,11H2,1-3H3,(H,21,26)(H,22,25). The van der Waals surface area contributed by atoms with Crippen LogP contribution in [0.5, 0.6) is 11.5 Å². The molecule has 2 N–H and O–H groups in total. The molecule has 1 unspecified atom stereocenters. The Balaban J connectivity index is 2.03. The molecule has 0 bridgehead atoms. The van der Waals surface area contributed by atoms with Gasteiger partial charge in [-0.3, -0.25) is 14.4 Å². The van der Waals surface area contributed by atoms with Gasteiger partial charge in [0, 0.05) is 19.2 Å². The first kappa shape index (κ1) is 21.8. The van der Waals surface area contributed by atoms with Crippen molar-refractivity contribution in [1.82, 2.24) is 15.5 Å². The van der Waals surface area contributed by atoms with Gasteiger partial charge in [0.15, 0.2) is 11.5 Å². The zero-order valence-electron chi connectivity index (χ0n) is 16.3. The largest absolute Gasteiger partial charge is 0.493 e. The van der Waals surface area contributed by atoms with Crippen molar-refractivity contribution in [3.63, 3.8) is 0 Å². The molecule has 1 aromatic rings. The molecular formula is C19H26ClN3O5. The van der Waals surface area contributed by atoms with E-state index < -0.39 is 11.9 Å². The number of hydrogen-bond acceptors (Lipinski definition) is 5. The second kappa shape index (κ2) is 10.2. The second-order valence-corrected chi connectivity index (χ2v) is 6.79. The Bertz CT molecular complexity index is 741. The van der Waals surface area contributed by atoms with Crippen LogP contribution in [0.2, 0.25) is 5.02 Å². The quantitative estimate of drug-likeness (QED) is 0.677. The summed E-state index contributed by atoms with van der Waals surface area (Å²) in [6.07, 6.45) is 2.17. The van der Waals surface area contributed by atoms with E-state index in [1.165, 1.54) is 31.2 Å². The molecule has 8 nitrogen and oxygen atoms in total. The van der Waals surface area contributed by atoms with E-state index in [9.17, 15) is 14.4 Å². The molecule has 0 aromatic heterocycles. The van der Waals surface area contributed by atoms with Crippen LogP contribution in [0, 0.1) is 0 Å². The third-order valence-corrected chi connectivity index (χ3v) is 4.75. The number of nitrogens with zero attached hydrogens (tertiary/aromatic N) is 1. The van der Waals surface area contributed by atoms with Crippen molar-refractivity contribution in [3.8, 4) is 11.5 Å². The normalized spacial score (nSPS) is 15.9. The van der Waals surface area contributed by atoms with Crippen molar-refractivity contribution < 1.29 is 23.9 Å². The maximum Gasteiger partial charge on any atom is 0.251 e. The van der Waals surface area contributed by atoms with Crippen LogP contribution in [0.1, 0.15) is 36.5 Å². The van der Waals surface area contributed by atoms with Crippen molar-refractivity contribution in [2.24, 2.45) is 0 Å². The number of amides is 3. The molecule has 0 aliphatic carbocycles. The highest BCUT2D eigenvalue weighted by Crippen LogP contribution is 2.36. The molecule has 154 valence electrons. The molecular weight excluding hydrogens is 386 g/mol. The van der Waals surface area contributed by atoms with Gasteiger partial charge in [0.05, 0.1) is 25.3 Å². The first-order valence-electron chi connectivity index (χ1n) is 9.22. The van der Waals surface area contributed by atoms with Crippen LogP contribution in [-0.4, -0.2) is 62.5 Å². The topological polar surface area (TPSA) is 97.0 Å². The number of nitrogens with one attached hydrogen (secondary N) is 2. The molecule has 1 atom stereocenters. The number of halogens is 1. The van der Waals surface area contributed by atoms with Gasteiger partial charge in [-0.2, -0.15) is 0 Å². The van der Waals surface area contributed by atoms with Crippen LogP contribution < -0.4 is 20.1 Å². The highest BCUT2D eigenvalue weighted by Gasteiger charge is 2.33. The third kappa shape index (κ3) is 5.07. The van der Waals surface area contributed by atoms with E-state index in [2.05, 4.69) is 10.6 Å². The molecule has 0 spiro atoms. The maximum absolute atomic E-state index is 12.5. The fourth-order valence-electron chi connectivity index (χ4n) is 3.06. The van der Waals surface area contributed by atoms with Crippen LogP contribution in [-0.2, 0) is 9.59 Å². The lowest BCUT2D eigenvalue weighted by Crippen LogP contribution is -2.48. The predicted octanol–water partition coefficient (Wildman–Crippen LogP) is 1.60.